The summed E-state index contributed by atoms with van der Waals surface area (Å²) in [5.41, 5.74) is 3.58. The van der Waals surface area contributed by atoms with Crippen LogP contribution in [0.1, 0.15) is 23.7 Å². The number of pyridine rings is 1. The first-order chi connectivity index (χ1) is 5.27. The number of aryl methyl sites for hydroxylation is 2. The molecular weight excluding hydrogens is 134 g/mol. The summed E-state index contributed by atoms with van der Waals surface area (Å²) in [6, 6.07) is 2.06. The Morgan fingerprint density at radius 3 is 2.82 bits per heavy atom. The van der Waals surface area contributed by atoms with Crippen LogP contribution in [0.4, 0.5) is 0 Å². The molecule has 1 heteroatoms. The second-order valence-corrected chi connectivity index (χ2v) is 2.59. The van der Waals surface area contributed by atoms with Crippen LogP contribution in [-0.2, 0) is 6.42 Å². The molecule has 0 saturated carbocycles. The highest BCUT2D eigenvalue weighted by atomic mass is 14.7. The largest absolute Gasteiger partial charge is 0.257 e. The summed E-state index contributed by atoms with van der Waals surface area (Å²) < 4.78 is 0. The lowest BCUT2D eigenvalue weighted by Crippen LogP contribution is -1.90. The van der Waals surface area contributed by atoms with E-state index in [0.717, 1.165) is 12.1 Å². The van der Waals surface area contributed by atoms with Gasteiger partial charge in [-0.05, 0) is 36.6 Å². The minimum atomic E-state index is 0.958. The van der Waals surface area contributed by atoms with E-state index in [1.54, 1.807) is 6.08 Å². The van der Waals surface area contributed by atoms with Crippen molar-refractivity contribution in [3.05, 3.63) is 35.7 Å². The Labute approximate surface area is 67.8 Å². The quantitative estimate of drug-likeness (QED) is 0.626. The van der Waals surface area contributed by atoms with Crippen molar-refractivity contribution in [1.82, 2.24) is 4.98 Å². The summed E-state index contributed by atoms with van der Waals surface area (Å²) in [4.78, 5) is 4.21. The van der Waals surface area contributed by atoms with Gasteiger partial charge >= 0.3 is 0 Å². The topological polar surface area (TPSA) is 12.9 Å². The number of nitrogens with zero attached hydrogens (tertiary/aromatic N) is 1. The van der Waals surface area contributed by atoms with Crippen LogP contribution in [0.15, 0.2) is 18.8 Å². The molecule has 0 aliphatic rings. The highest BCUT2D eigenvalue weighted by molar-refractivity contribution is 5.44. The molecule has 1 heterocycles. The van der Waals surface area contributed by atoms with E-state index >= 15 is 0 Å². The molecule has 0 radical (unpaired) electrons. The highest BCUT2D eigenvalue weighted by Gasteiger charge is 1.95. The van der Waals surface area contributed by atoms with E-state index in [1.165, 1.54) is 11.1 Å². The molecular formula is C10H13N. The Hall–Kier alpha value is -1.11. The van der Waals surface area contributed by atoms with Crippen LogP contribution in [-0.4, -0.2) is 4.98 Å². The monoisotopic (exact) mass is 147 g/mol. The normalized spacial score (nSPS) is 9.64. The summed E-state index contributed by atoms with van der Waals surface area (Å²) in [5, 5.41) is 0. The zero-order valence-electron chi connectivity index (χ0n) is 7.09. The molecule has 1 aromatic rings. The molecule has 0 spiro atoms. The maximum atomic E-state index is 4.21. The molecule has 0 aliphatic heterocycles. The van der Waals surface area contributed by atoms with Crippen LogP contribution in [0.25, 0.3) is 6.08 Å². The zero-order chi connectivity index (χ0) is 8.27. The van der Waals surface area contributed by atoms with Crippen LogP contribution in [0, 0.1) is 6.92 Å². The van der Waals surface area contributed by atoms with Gasteiger partial charge in [0.15, 0.2) is 0 Å². The first kappa shape index (κ1) is 7.99. The van der Waals surface area contributed by atoms with Gasteiger partial charge in [-0.2, -0.15) is 0 Å². The van der Waals surface area contributed by atoms with E-state index in [9.17, 15) is 0 Å². The van der Waals surface area contributed by atoms with E-state index in [-0.39, 0.29) is 0 Å². The van der Waals surface area contributed by atoms with Gasteiger partial charge in [0.25, 0.3) is 0 Å². The Bertz CT molecular complexity index is 264. The van der Waals surface area contributed by atoms with E-state index < -0.39 is 0 Å². The molecule has 0 aliphatic carbocycles. The van der Waals surface area contributed by atoms with Crippen molar-refractivity contribution >= 4 is 6.08 Å². The molecule has 0 unspecified atom stereocenters. The molecule has 0 amide bonds. The Morgan fingerprint density at radius 1 is 1.64 bits per heavy atom. The molecule has 0 saturated heterocycles. The fraction of sp³-hybridized carbons (Fsp3) is 0.300. The van der Waals surface area contributed by atoms with Gasteiger partial charge < -0.3 is 0 Å². The molecule has 0 fully saturated rings. The van der Waals surface area contributed by atoms with E-state index in [0.29, 0.717) is 0 Å². The average Bonchev–Trinajstić information content (AvgIpc) is 2.04. The van der Waals surface area contributed by atoms with Gasteiger partial charge in [-0.15, -0.1) is 0 Å². The lowest BCUT2D eigenvalue weighted by atomic mass is 10.1. The maximum Gasteiger partial charge on any atom is 0.0626 e. The van der Waals surface area contributed by atoms with Gasteiger partial charge in [0.1, 0.15) is 0 Å². The molecule has 58 valence electrons. The van der Waals surface area contributed by atoms with Crippen LogP contribution >= 0.6 is 0 Å². The van der Waals surface area contributed by atoms with Crippen LogP contribution in [0.5, 0.6) is 0 Å². The van der Waals surface area contributed by atoms with E-state index in [1.807, 2.05) is 6.20 Å². The summed E-state index contributed by atoms with van der Waals surface area (Å²) in [6.07, 6.45) is 4.75. The van der Waals surface area contributed by atoms with Gasteiger partial charge in [0.2, 0.25) is 0 Å². The molecule has 1 nitrogen and oxygen atoms in total. The molecule has 0 bridgehead atoms. The standard InChI is InChI=1S/C10H13N/c1-4-9-7-11-10(5-2)6-8(9)3/h5-7H,2,4H2,1,3H3. The van der Waals surface area contributed by atoms with Gasteiger partial charge in [0, 0.05) is 6.20 Å². The van der Waals surface area contributed by atoms with Crippen LogP contribution < -0.4 is 0 Å². The third-order valence-electron chi connectivity index (χ3n) is 1.83. The fourth-order valence-corrected chi connectivity index (χ4v) is 1.09. The Balaban J connectivity index is 3.09. The minimum absolute atomic E-state index is 0.958. The molecule has 0 aromatic carbocycles. The average molecular weight is 147 g/mol. The number of hydrogen-bond acceptors (Lipinski definition) is 1. The lowest BCUT2D eigenvalue weighted by molar-refractivity contribution is 1.07. The molecule has 11 heavy (non-hydrogen) atoms. The van der Waals surface area contributed by atoms with Crippen LogP contribution in [0.2, 0.25) is 0 Å². The van der Waals surface area contributed by atoms with E-state index in [4.69, 9.17) is 0 Å². The summed E-state index contributed by atoms with van der Waals surface area (Å²) >= 11 is 0. The first-order valence-corrected chi connectivity index (χ1v) is 3.86. The molecule has 0 N–H and O–H groups in total. The summed E-state index contributed by atoms with van der Waals surface area (Å²) in [5.74, 6) is 0. The molecule has 1 rings (SSSR count). The number of rotatable bonds is 2. The second-order valence-electron chi connectivity index (χ2n) is 2.59. The van der Waals surface area contributed by atoms with E-state index in [2.05, 4.69) is 31.5 Å². The van der Waals surface area contributed by atoms with Gasteiger partial charge in [0.05, 0.1) is 5.69 Å². The van der Waals surface area contributed by atoms with Gasteiger partial charge in [-0.3, -0.25) is 4.98 Å². The highest BCUT2D eigenvalue weighted by Crippen LogP contribution is 2.08. The van der Waals surface area contributed by atoms with Crippen molar-refractivity contribution in [1.29, 1.82) is 0 Å². The Morgan fingerprint density at radius 2 is 2.36 bits per heavy atom. The lowest BCUT2D eigenvalue weighted by Gasteiger charge is -2.01. The third kappa shape index (κ3) is 1.67. The van der Waals surface area contributed by atoms with Crippen molar-refractivity contribution in [3.63, 3.8) is 0 Å². The van der Waals surface area contributed by atoms with Crippen LogP contribution in [0.3, 0.4) is 0 Å². The van der Waals surface area contributed by atoms with Crippen molar-refractivity contribution in [2.75, 3.05) is 0 Å². The third-order valence-corrected chi connectivity index (χ3v) is 1.83. The van der Waals surface area contributed by atoms with Gasteiger partial charge in [-0.25, -0.2) is 0 Å². The van der Waals surface area contributed by atoms with Crippen molar-refractivity contribution in [3.8, 4) is 0 Å². The first-order valence-electron chi connectivity index (χ1n) is 3.86. The zero-order valence-corrected chi connectivity index (χ0v) is 7.09. The number of hydrogen-bond donors (Lipinski definition) is 0. The predicted octanol–water partition coefficient (Wildman–Crippen LogP) is 2.60. The minimum Gasteiger partial charge on any atom is -0.257 e. The second kappa shape index (κ2) is 3.33. The summed E-state index contributed by atoms with van der Waals surface area (Å²) in [7, 11) is 0. The molecule has 0 atom stereocenters. The Kier molecular flexibility index (Phi) is 2.42. The SMILES string of the molecule is C=Cc1cc(C)c(CC)cn1. The van der Waals surface area contributed by atoms with Crippen molar-refractivity contribution in [2.24, 2.45) is 0 Å². The van der Waals surface area contributed by atoms with Crippen molar-refractivity contribution in [2.45, 2.75) is 20.3 Å². The number of aromatic nitrogens is 1. The fourth-order valence-electron chi connectivity index (χ4n) is 1.09. The predicted molar refractivity (Wildman–Crippen MR) is 48.4 cm³/mol. The molecule has 1 aromatic heterocycles. The van der Waals surface area contributed by atoms with Crippen molar-refractivity contribution < 1.29 is 0 Å². The maximum absolute atomic E-state index is 4.21. The summed E-state index contributed by atoms with van der Waals surface area (Å²) in [6.45, 7) is 7.91. The van der Waals surface area contributed by atoms with Gasteiger partial charge in [-0.1, -0.05) is 13.5 Å². The smallest absolute Gasteiger partial charge is 0.0626 e.